The number of fused-ring (bicyclic) bond motifs is 1. The molecule has 0 unspecified atom stereocenters. The van der Waals surface area contributed by atoms with Gasteiger partial charge in [-0.15, -0.1) is 0 Å². The number of phenols is 1. The number of imide groups is 1. The molecule has 2 aliphatic rings. The van der Waals surface area contributed by atoms with Crippen LogP contribution in [-0.2, 0) is 16.0 Å². The van der Waals surface area contributed by atoms with Gasteiger partial charge in [0.1, 0.15) is 17.2 Å². The Morgan fingerprint density at radius 1 is 1.08 bits per heavy atom. The molecule has 0 aliphatic carbocycles. The predicted octanol–water partition coefficient (Wildman–Crippen LogP) is 1.83. The number of rotatable bonds is 3. The lowest BCUT2D eigenvalue weighted by Crippen LogP contribution is -2.29. The number of nitrogens with one attached hydrogen (secondary N) is 1. The second kappa shape index (κ2) is 5.66. The summed E-state index contributed by atoms with van der Waals surface area (Å²) < 4.78 is 5.29. The minimum Gasteiger partial charge on any atom is -0.508 e. The fraction of sp³-hybridized carbons (Fsp3) is 0.158. The molecule has 0 saturated carbocycles. The van der Waals surface area contributed by atoms with E-state index >= 15 is 0 Å². The van der Waals surface area contributed by atoms with Crippen molar-refractivity contribution in [1.29, 1.82) is 0 Å². The second-order valence-corrected chi connectivity index (χ2v) is 5.95. The number of benzene rings is 2. The highest BCUT2D eigenvalue weighted by atomic mass is 16.5. The Labute approximate surface area is 144 Å². The van der Waals surface area contributed by atoms with Gasteiger partial charge in [0.25, 0.3) is 11.8 Å². The Morgan fingerprint density at radius 3 is 2.56 bits per heavy atom. The molecule has 2 aromatic carbocycles. The zero-order valence-electron chi connectivity index (χ0n) is 13.6. The van der Waals surface area contributed by atoms with Crippen molar-refractivity contribution >= 4 is 23.1 Å². The lowest BCUT2D eigenvalue weighted by atomic mass is 10.0. The third-order valence-corrected chi connectivity index (χ3v) is 4.52. The largest absolute Gasteiger partial charge is 0.508 e. The minimum atomic E-state index is -0.429. The van der Waals surface area contributed by atoms with Crippen molar-refractivity contribution in [3.05, 3.63) is 59.3 Å². The third kappa shape index (κ3) is 2.42. The zero-order valence-corrected chi connectivity index (χ0v) is 13.6. The Hall–Kier alpha value is -3.28. The van der Waals surface area contributed by atoms with Crippen molar-refractivity contribution in [3.63, 3.8) is 0 Å². The van der Waals surface area contributed by atoms with Crippen LogP contribution in [0, 0.1) is 0 Å². The number of hydrogen-bond donors (Lipinski definition) is 2. The van der Waals surface area contributed by atoms with E-state index in [1.54, 1.807) is 19.2 Å². The molecule has 0 bridgehead atoms. The molecular weight excluding hydrogens is 320 g/mol. The molecule has 25 heavy (non-hydrogen) atoms. The van der Waals surface area contributed by atoms with E-state index in [9.17, 15) is 14.7 Å². The zero-order chi connectivity index (χ0) is 17.6. The van der Waals surface area contributed by atoms with Crippen LogP contribution in [0.15, 0.2) is 48.2 Å². The first-order chi connectivity index (χ1) is 12.1. The van der Waals surface area contributed by atoms with Crippen LogP contribution in [0.2, 0.25) is 0 Å². The lowest BCUT2D eigenvalue weighted by molar-refractivity contribution is -0.123. The fourth-order valence-electron chi connectivity index (χ4n) is 3.32. The van der Waals surface area contributed by atoms with Crippen molar-refractivity contribution in [2.24, 2.45) is 0 Å². The summed E-state index contributed by atoms with van der Waals surface area (Å²) >= 11 is 0. The highest BCUT2D eigenvalue weighted by Crippen LogP contribution is 2.38. The summed E-state index contributed by atoms with van der Waals surface area (Å²) in [4.78, 5) is 26.7. The predicted molar refractivity (Wildman–Crippen MR) is 92.2 cm³/mol. The summed E-state index contributed by atoms with van der Waals surface area (Å²) in [7, 11) is 1.59. The molecule has 0 radical (unpaired) electrons. The van der Waals surface area contributed by atoms with Crippen LogP contribution in [-0.4, -0.2) is 30.6 Å². The maximum absolute atomic E-state index is 12.5. The Kier molecular flexibility index (Phi) is 3.46. The molecule has 0 atom stereocenters. The Balaban J connectivity index is 1.86. The van der Waals surface area contributed by atoms with Gasteiger partial charge in [0.15, 0.2) is 0 Å². The van der Waals surface area contributed by atoms with E-state index in [2.05, 4.69) is 5.32 Å². The number of nitrogens with zero attached hydrogens (tertiary/aromatic N) is 1. The van der Waals surface area contributed by atoms with Gasteiger partial charge in [-0.2, -0.15) is 0 Å². The van der Waals surface area contributed by atoms with Gasteiger partial charge in [-0.3, -0.25) is 14.9 Å². The van der Waals surface area contributed by atoms with Gasteiger partial charge in [0.05, 0.1) is 12.7 Å². The van der Waals surface area contributed by atoms with E-state index in [0.29, 0.717) is 29.1 Å². The van der Waals surface area contributed by atoms with Gasteiger partial charge >= 0.3 is 0 Å². The summed E-state index contributed by atoms with van der Waals surface area (Å²) in [5, 5.41) is 11.9. The first-order valence-corrected chi connectivity index (χ1v) is 7.92. The number of carbonyl (C=O) groups excluding carboxylic acids is 2. The van der Waals surface area contributed by atoms with Gasteiger partial charge in [-0.25, -0.2) is 0 Å². The summed E-state index contributed by atoms with van der Waals surface area (Å²) in [5.74, 6) is -0.0418. The van der Waals surface area contributed by atoms with Crippen molar-refractivity contribution in [2.45, 2.75) is 6.42 Å². The van der Waals surface area contributed by atoms with E-state index in [1.807, 2.05) is 23.1 Å². The molecule has 0 saturated heterocycles. The number of methoxy groups -OCH3 is 1. The SMILES string of the molecule is COc1ccc2c(c1)N(C1=C(c3ccc(O)cc3)C(=O)NC1=O)CC2. The van der Waals surface area contributed by atoms with Crippen LogP contribution in [0.1, 0.15) is 11.1 Å². The molecule has 6 heteroatoms. The molecule has 2 aromatic rings. The Morgan fingerprint density at radius 2 is 1.84 bits per heavy atom. The molecule has 0 fully saturated rings. The molecule has 0 aromatic heterocycles. The molecule has 2 heterocycles. The minimum absolute atomic E-state index is 0.104. The lowest BCUT2D eigenvalue weighted by Gasteiger charge is -2.21. The molecule has 2 amide bonds. The van der Waals surface area contributed by atoms with Crippen molar-refractivity contribution < 1.29 is 19.4 Å². The van der Waals surface area contributed by atoms with E-state index in [0.717, 1.165) is 17.7 Å². The number of hydrogen-bond acceptors (Lipinski definition) is 5. The van der Waals surface area contributed by atoms with Gasteiger partial charge in [-0.05, 0) is 35.7 Å². The monoisotopic (exact) mass is 336 g/mol. The topological polar surface area (TPSA) is 78.9 Å². The van der Waals surface area contributed by atoms with Gasteiger partial charge in [0.2, 0.25) is 0 Å². The molecular formula is C19H16N2O4. The highest BCUT2D eigenvalue weighted by molar-refractivity contribution is 6.37. The number of carbonyl (C=O) groups is 2. The van der Waals surface area contributed by atoms with Crippen LogP contribution < -0.4 is 15.0 Å². The van der Waals surface area contributed by atoms with Crippen LogP contribution in [0.4, 0.5) is 5.69 Å². The standard InChI is InChI=1S/C19H16N2O4/c1-25-14-7-4-11-8-9-21(15(11)10-14)17-16(18(23)20-19(17)24)12-2-5-13(22)6-3-12/h2-7,10,22H,8-9H2,1H3,(H,20,23,24). The maximum Gasteiger partial charge on any atom is 0.275 e. The summed E-state index contributed by atoms with van der Waals surface area (Å²) in [5.41, 5.74) is 3.22. The molecule has 2 aliphatic heterocycles. The quantitative estimate of drug-likeness (QED) is 0.836. The van der Waals surface area contributed by atoms with E-state index < -0.39 is 11.8 Å². The second-order valence-electron chi connectivity index (χ2n) is 5.95. The average molecular weight is 336 g/mol. The molecule has 4 rings (SSSR count). The van der Waals surface area contributed by atoms with E-state index in [-0.39, 0.29) is 5.75 Å². The van der Waals surface area contributed by atoms with Gasteiger partial charge in [-0.1, -0.05) is 18.2 Å². The third-order valence-electron chi connectivity index (χ3n) is 4.52. The molecule has 126 valence electrons. The van der Waals surface area contributed by atoms with Gasteiger partial charge in [0, 0.05) is 18.3 Å². The smallest absolute Gasteiger partial charge is 0.275 e. The number of ether oxygens (including phenoxy) is 1. The van der Waals surface area contributed by atoms with Crippen molar-refractivity contribution in [2.75, 3.05) is 18.6 Å². The number of aromatic hydroxyl groups is 1. The van der Waals surface area contributed by atoms with Crippen LogP contribution in [0.5, 0.6) is 11.5 Å². The normalized spacial score (nSPS) is 16.3. The first kappa shape index (κ1) is 15.3. The molecule has 6 nitrogen and oxygen atoms in total. The molecule has 0 spiro atoms. The van der Waals surface area contributed by atoms with Crippen LogP contribution in [0.25, 0.3) is 5.57 Å². The Bertz CT molecular complexity index is 916. The molecule has 2 N–H and O–H groups in total. The maximum atomic E-state index is 12.5. The van der Waals surface area contributed by atoms with Crippen LogP contribution in [0.3, 0.4) is 0 Å². The van der Waals surface area contributed by atoms with Crippen molar-refractivity contribution in [1.82, 2.24) is 5.32 Å². The fourth-order valence-corrected chi connectivity index (χ4v) is 3.32. The van der Waals surface area contributed by atoms with Gasteiger partial charge < -0.3 is 14.7 Å². The number of amides is 2. The highest BCUT2D eigenvalue weighted by Gasteiger charge is 2.37. The van der Waals surface area contributed by atoms with E-state index in [1.165, 1.54) is 12.1 Å². The summed E-state index contributed by atoms with van der Waals surface area (Å²) in [6, 6.07) is 12.0. The van der Waals surface area contributed by atoms with E-state index in [4.69, 9.17) is 4.74 Å². The number of anilines is 1. The number of phenolic OH excluding ortho intramolecular Hbond substituents is 1. The average Bonchev–Trinajstić information content (AvgIpc) is 3.15. The van der Waals surface area contributed by atoms with Crippen LogP contribution >= 0.6 is 0 Å². The first-order valence-electron chi connectivity index (χ1n) is 7.92. The summed E-state index contributed by atoms with van der Waals surface area (Å²) in [6.45, 7) is 0.611. The summed E-state index contributed by atoms with van der Waals surface area (Å²) in [6.07, 6.45) is 0.785. The van der Waals surface area contributed by atoms with Crippen molar-refractivity contribution in [3.8, 4) is 11.5 Å².